The van der Waals surface area contributed by atoms with Gasteiger partial charge in [0, 0.05) is 26.2 Å². The van der Waals surface area contributed by atoms with Crippen LogP contribution < -0.4 is 0 Å². The van der Waals surface area contributed by atoms with Crippen molar-refractivity contribution in [2.45, 2.75) is 51.5 Å². The molecule has 1 fully saturated rings. The largest absolute Gasteiger partial charge is 0.444 e. The van der Waals surface area contributed by atoms with Gasteiger partial charge in [0.2, 0.25) is 0 Å². The zero-order valence-corrected chi connectivity index (χ0v) is 14.2. The van der Waals surface area contributed by atoms with Gasteiger partial charge in [0.1, 0.15) is 5.60 Å². The van der Waals surface area contributed by atoms with Crippen LogP contribution in [0.1, 0.15) is 33.6 Å². The van der Waals surface area contributed by atoms with Crippen LogP contribution in [0.4, 0.5) is 18.0 Å². The van der Waals surface area contributed by atoms with Crippen molar-refractivity contribution in [2.24, 2.45) is 5.92 Å². The molecule has 5 nitrogen and oxygen atoms in total. The minimum absolute atomic E-state index is 0.208. The molecule has 23 heavy (non-hydrogen) atoms. The lowest BCUT2D eigenvalue weighted by Crippen LogP contribution is -2.45. The summed E-state index contributed by atoms with van der Waals surface area (Å²) in [5.74, 6) is 0.208. The predicted molar refractivity (Wildman–Crippen MR) is 80.1 cm³/mol. The highest BCUT2D eigenvalue weighted by molar-refractivity contribution is 5.68. The molecular formula is C15H27F3N2O3. The van der Waals surface area contributed by atoms with E-state index in [4.69, 9.17) is 9.84 Å². The number of halogens is 3. The summed E-state index contributed by atoms with van der Waals surface area (Å²) in [6.07, 6.45) is -5.84. The van der Waals surface area contributed by atoms with E-state index in [1.54, 1.807) is 32.7 Å². The molecule has 0 radical (unpaired) electrons. The Bertz CT molecular complexity index is 388. The number of piperidine rings is 1. The number of likely N-dealkylation sites (tertiary alicyclic amines) is 1. The van der Waals surface area contributed by atoms with Gasteiger partial charge in [0.05, 0.1) is 0 Å². The highest BCUT2D eigenvalue weighted by Gasteiger charge is 2.39. The number of rotatable bonds is 4. The van der Waals surface area contributed by atoms with Crippen LogP contribution in [0, 0.1) is 5.92 Å². The Kier molecular flexibility index (Phi) is 6.70. The standard InChI is InChI=1S/C15H27F3N2O3/c1-14(2,3)23-13(22)20-7-5-11(6-8-20)9-19(4)10-12(21)15(16,17)18/h11-12,21H,5-10H2,1-4H3. The maximum absolute atomic E-state index is 12.3. The molecule has 1 heterocycles. The lowest BCUT2D eigenvalue weighted by Gasteiger charge is -2.35. The number of hydrogen-bond donors (Lipinski definition) is 1. The number of nitrogens with zero attached hydrogens (tertiary/aromatic N) is 2. The third kappa shape index (κ3) is 7.39. The molecule has 1 aliphatic rings. The Balaban J connectivity index is 2.35. The summed E-state index contributed by atoms with van der Waals surface area (Å²) in [4.78, 5) is 15.1. The van der Waals surface area contributed by atoms with Crippen molar-refractivity contribution >= 4 is 6.09 Å². The van der Waals surface area contributed by atoms with E-state index >= 15 is 0 Å². The quantitative estimate of drug-likeness (QED) is 0.854. The van der Waals surface area contributed by atoms with Crippen LogP contribution in [0.2, 0.25) is 0 Å². The number of aliphatic hydroxyl groups excluding tert-OH is 1. The SMILES string of the molecule is CN(CC1CCN(C(=O)OC(C)(C)C)CC1)CC(O)C(F)(F)F. The van der Waals surface area contributed by atoms with Crippen molar-refractivity contribution in [3.05, 3.63) is 0 Å². The summed E-state index contributed by atoms with van der Waals surface area (Å²) in [5.41, 5.74) is -0.540. The molecule has 1 aliphatic heterocycles. The average Bonchev–Trinajstić information content (AvgIpc) is 2.36. The first-order valence-corrected chi connectivity index (χ1v) is 7.79. The molecule has 0 spiro atoms. The van der Waals surface area contributed by atoms with Gasteiger partial charge in [0.25, 0.3) is 0 Å². The summed E-state index contributed by atoms with van der Waals surface area (Å²) in [6, 6.07) is 0. The fourth-order valence-corrected chi connectivity index (χ4v) is 2.54. The van der Waals surface area contributed by atoms with Crippen molar-refractivity contribution in [2.75, 3.05) is 33.2 Å². The third-order valence-electron chi connectivity index (χ3n) is 3.70. The lowest BCUT2D eigenvalue weighted by molar-refractivity contribution is -0.207. The van der Waals surface area contributed by atoms with Gasteiger partial charge in [-0.2, -0.15) is 13.2 Å². The number of hydrogen-bond acceptors (Lipinski definition) is 4. The molecule has 136 valence electrons. The minimum atomic E-state index is -4.59. The first-order chi connectivity index (χ1) is 10.4. The van der Waals surface area contributed by atoms with Gasteiger partial charge < -0.3 is 19.6 Å². The fraction of sp³-hybridized carbons (Fsp3) is 0.933. The van der Waals surface area contributed by atoms with Crippen LogP contribution in [0.3, 0.4) is 0 Å². The molecule has 1 N–H and O–H groups in total. The van der Waals surface area contributed by atoms with E-state index in [0.29, 0.717) is 32.5 Å². The number of carbonyl (C=O) groups is 1. The topological polar surface area (TPSA) is 53.0 Å². The van der Waals surface area contributed by atoms with E-state index in [9.17, 15) is 18.0 Å². The van der Waals surface area contributed by atoms with Crippen molar-refractivity contribution in [3.8, 4) is 0 Å². The lowest BCUT2D eigenvalue weighted by atomic mass is 9.96. The second kappa shape index (κ2) is 7.70. The molecule has 0 aliphatic carbocycles. The molecule has 1 amide bonds. The van der Waals surface area contributed by atoms with E-state index in [1.807, 2.05) is 0 Å². The summed E-state index contributed by atoms with van der Waals surface area (Å²) < 4.78 is 42.3. The van der Waals surface area contributed by atoms with Crippen molar-refractivity contribution in [1.82, 2.24) is 9.80 Å². The second-order valence-electron chi connectivity index (χ2n) is 7.19. The fourth-order valence-electron chi connectivity index (χ4n) is 2.54. The summed E-state index contributed by atoms with van der Waals surface area (Å²) in [5, 5.41) is 9.07. The Morgan fingerprint density at radius 2 is 1.83 bits per heavy atom. The van der Waals surface area contributed by atoms with E-state index in [1.165, 1.54) is 4.90 Å². The molecule has 1 unspecified atom stereocenters. The Hall–Kier alpha value is -1.02. The van der Waals surface area contributed by atoms with Crippen LogP contribution in [-0.4, -0.2) is 72.1 Å². The first kappa shape index (κ1) is 20.0. The van der Waals surface area contributed by atoms with Crippen molar-refractivity contribution < 1.29 is 27.8 Å². The minimum Gasteiger partial charge on any atom is -0.444 e. The third-order valence-corrected chi connectivity index (χ3v) is 3.70. The highest BCUT2D eigenvalue weighted by Crippen LogP contribution is 2.23. The predicted octanol–water partition coefficient (Wildman–Crippen LogP) is 2.49. The van der Waals surface area contributed by atoms with E-state index in [0.717, 1.165) is 0 Å². The van der Waals surface area contributed by atoms with Crippen LogP contribution in [0.5, 0.6) is 0 Å². The first-order valence-electron chi connectivity index (χ1n) is 7.79. The Morgan fingerprint density at radius 3 is 2.26 bits per heavy atom. The molecule has 1 saturated heterocycles. The number of carbonyl (C=O) groups excluding carboxylic acids is 1. The van der Waals surface area contributed by atoms with Gasteiger partial charge in [-0.15, -0.1) is 0 Å². The van der Waals surface area contributed by atoms with Gasteiger partial charge in [-0.1, -0.05) is 0 Å². The van der Waals surface area contributed by atoms with Crippen molar-refractivity contribution in [1.29, 1.82) is 0 Å². The average molecular weight is 340 g/mol. The molecule has 0 bridgehead atoms. The molecular weight excluding hydrogens is 313 g/mol. The van der Waals surface area contributed by atoms with Crippen LogP contribution >= 0.6 is 0 Å². The maximum Gasteiger partial charge on any atom is 0.415 e. The van der Waals surface area contributed by atoms with Gasteiger partial charge >= 0.3 is 12.3 Å². The van der Waals surface area contributed by atoms with Crippen molar-refractivity contribution in [3.63, 3.8) is 0 Å². The monoisotopic (exact) mass is 340 g/mol. The number of aliphatic hydroxyl groups is 1. The zero-order valence-electron chi connectivity index (χ0n) is 14.2. The van der Waals surface area contributed by atoms with Gasteiger partial charge in [-0.05, 0) is 46.6 Å². The normalized spacial score (nSPS) is 19.1. The molecule has 0 aromatic carbocycles. The smallest absolute Gasteiger partial charge is 0.415 e. The maximum atomic E-state index is 12.3. The zero-order chi connectivity index (χ0) is 17.8. The van der Waals surface area contributed by atoms with Gasteiger partial charge in [0.15, 0.2) is 6.10 Å². The Labute approximate surface area is 135 Å². The van der Waals surface area contributed by atoms with E-state index in [2.05, 4.69) is 0 Å². The molecule has 1 atom stereocenters. The number of likely N-dealkylation sites (N-methyl/N-ethyl adjacent to an activating group) is 1. The molecule has 8 heteroatoms. The van der Waals surface area contributed by atoms with E-state index < -0.39 is 24.4 Å². The number of ether oxygens (including phenoxy) is 1. The van der Waals surface area contributed by atoms with Gasteiger partial charge in [-0.25, -0.2) is 4.79 Å². The Morgan fingerprint density at radius 1 is 1.30 bits per heavy atom. The van der Waals surface area contributed by atoms with Crippen LogP contribution in [0.15, 0.2) is 0 Å². The molecule has 1 rings (SSSR count). The second-order valence-corrected chi connectivity index (χ2v) is 7.19. The molecule has 0 aromatic heterocycles. The number of alkyl halides is 3. The van der Waals surface area contributed by atoms with Crippen LogP contribution in [0.25, 0.3) is 0 Å². The van der Waals surface area contributed by atoms with E-state index in [-0.39, 0.29) is 12.0 Å². The van der Waals surface area contributed by atoms with Crippen LogP contribution in [-0.2, 0) is 4.74 Å². The highest BCUT2D eigenvalue weighted by atomic mass is 19.4. The summed E-state index contributed by atoms with van der Waals surface area (Å²) >= 11 is 0. The summed E-state index contributed by atoms with van der Waals surface area (Å²) in [7, 11) is 1.56. The molecule has 0 aromatic rings. The van der Waals surface area contributed by atoms with Gasteiger partial charge in [-0.3, -0.25) is 0 Å². The summed E-state index contributed by atoms with van der Waals surface area (Å²) in [6.45, 7) is 6.52. The molecule has 0 saturated carbocycles. The number of amides is 1.